The predicted octanol–water partition coefficient (Wildman–Crippen LogP) is 11.7. The van der Waals surface area contributed by atoms with E-state index < -0.39 is 24.1 Å². The highest BCUT2D eigenvalue weighted by atomic mass is 16.5. The molecule has 4 atom stereocenters. The van der Waals surface area contributed by atoms with Crippen molar-refractivity contribution >= 4 is 36.1 Å². The molecule has 0 heterocycles. The maximum absolute atomic E-state index is 11.3. The number of hydrogen-bond donors (Lipinski definition) is 6. The molecule has 16 nitrogen and oxygen atoms in total. The minimum absolute atomic E-state index is 0.161. The number of aliphatic hydroxyl groups excluding tert-OH is 2. The lowest BCUT2D eigenvalue weighted by atomic mass is 10.0. The van der Waals surface area contributed by atoms with Gasteiger partial charge >= 0.3 is 11.9 Å². The summed E-state index contributed by atoms with van der Waals surface area (Å²) >= 11 is 0. The Morgan fingerprint density at radius 3 is 1.08 bits per heavy atom. The van der Waals surface area contributed by atoms with Gasteiger partial charge in [-0.15, -0.1) is 0 Å². The average Bonchev–Trinajstić information content (AvgIpc) is 3.65. The lowest BCUT2D eigenvalue weighted by molar-refractivity contribution is -0.134. The van der Waals surface area contributed by atoms with Crippen molar-refractivity contribution in [3.63, 3.8) is 0 Å². The third-order valence-electron chi connectivity index (χ3n) is 13.9. The molecule has 8 aromatic rings. The molecule has 8 rings (SSSR count). The molecule has 0 bridgehead atoms. The third-order valence-corrected chi connectivity index (χ3v) is 13.9. The first-order valence-electron chi connectivity index (χ1n) is 28.1. The molecule has 86 heavy (non-hydrogen) atoms. The maximum atomic E-state index is 11.3. The number of anilines is 2. The topological polar surface area (TPSA) is 217 Å². The summed E-state index contributed by atoms with van der Waals surface area (Å²) in [5.41, 5.74) is 9.29. The number of hydrogen-bond acceptors (Lipinski definition) is 12. The number of carboxylic acid groups (broad SMARTS) is 2. The van der Waals surface area contributed by atoms with Crippen LogP contribution in [0.4, 0.5) is 11.4 Å². The molecule has 16 heteroatoms. The SMILES string of the molecule is COc1ccc(C[C@H](C)N(Cc2ccccc2)C[C@@H](O)c2ccc(OCc3ccccc3)c(NC=O)c2)cc1.COc1ccc(C[C@H](C)N(Cc2ccccc2)C[C@@H](O)c2ccc(OCc3ccccc3)c(NC=O)c2)cc1.O=C(O)/C=C/C(=O)O. The summed E-state index contributed by atoms with van der Waals surface area (Å²) < 4.78 is 22.5. The van der Waals surface area contributed by atoms with Gasteiger partial charge in [-0.2, -0.15) is 0 Å². The van der Waals surface area contributed by atoms with Crippen LogP contribution in [0.15, 0.2) is 218 Å². The van der Waals surface area contributed by atoms with Crippen LogP contribution in [0.1, 0.15) is 70.6 Å². The number of carboxylic acids is 2. The van der Waals surface area contributed by atoms with E-state index >= 15 is 0 Å². The van der Waals surface area contributed by atoms with Gasteiger partial charge in [0.15, 0.2) is 0 Å². The van der Waals surface area contributed by atoms with Crippen LogP contribution in [-0.4, -0.2) is 94.4 Å². The van der Waals surface area contributed by atoms with Crippen LogP contribution in [0.5, 0.6) is 23.0 Å². The Hall–Kier alpha value is -9.58. The van der Waals surface area contributed by atoms with Gasteiger partial charge in [-0.3, -0.25) is 19.4 Å². The summed E-state index contributed by atoms with van der Waals surface area (Å²) in [6.45, 7) is 7.38. The fourth-order valence-corrected chi connectivity index (χ4v) is 9.28. The Morgan fingerprint density at radius 2 is 0.779 bits per heavy atom. The second kappa shape index (κ2) is 35.5. The van der Waals surface area contributed by atoms with Crippen molar-refractivity contribution in [3.8, 4) is 23.0 Å². The summed E-state index contributed by atoms with van der Waals surface area (Å²) in [4.78, 5) is 46.3. The molecular weight excluding hydrogens is 1090 g/mol. The molecule has 0 saturated carbocycles. The Morgan fingerprint density at radius 1 is 0.453 bits per heavy atom. The highest BCUT2D eigenvalue weighted by Crippen LogP contribution is 2.32. The van der Waals surface area contributed by atoms with E-state index in [1.54, 1.807) is 38.5 Å². The lowest BCUT2D eigenvalue weighted by Crippen LogP contribution is -2.37. The van der Waals surface area contributed by atoms with Crippen LogP contribution < -0.4 is 29.6 Å². The number of methoxy groups -OCH3 is 2. The number of aliphatic carboxylic acids is 2. The van der Waals surface area contributed by atoms with E-state index in [2.05, 4.69) is 82.8 Å². The van der Waals surface area contributed by atoms with Crippen molar-refractivity contribution in [2.45, 2.75) is 77.3 Å². The second-order valence-electron chi connectivity index (χ2n) is 20.3. The van der Waals surface area contributed by atoms with Gasteiger partial charge in [0.2, 0.25) is 12.8 Å². The largest absolute Gasteiger partial charge is 0.497 e. The minimum atomic E-state index is -1.26. The first kappa shape index (κ1) is 65.6. The molecule has 2 amide bonds. The van der Waals surface area contributed by atoms with E-state index in [0.29, 0.717) is 98.4 Å². The molecule has 0 saturated heterocycles. The van der Waals surface area contributed by atoms with E-state index in [9.17, 15) is 29.4 Å². The molecule has 0 aliphatic rings. The number of nitrogens with zero attached hydrogens (tertiary/aromatic N) is 2. The van der Waals surface area contributed by atoms with E-state index in [-0.39, 0.29) is 12.1 Å². The van der Waals surface area contributed by atoms with E-state index in [1.807, 2.05) is 133 Å². The summed E-state index contributed by atoms with van der Waals surface area (Å²) in [6, 6.07) is 67.7. The second-order valence-corrected chi connectivity index (χ2v) is 20.3. The number of carbonyl (C=O) groups is 4. The quantitative estimate of drug-likeness (QED) is 0.0182. The van der Waals surface area contributed by atoms with Gasteiger partial charge in [0.1, 0.15) is 36.2 Å². The zero-order valence-corrected chi connectivity index (χ0v) is 48.9. The lowest BCUT2D eigenvalue weighted by Gasteiger charge is -2.31. The first-order valence-corrected chi connectivity index (χ1v) is 28.1. The number of benzene rings is 8. The number of amides is 2. The van der Waals surface area contributed by atoms with Crippen molar-refractivity contribution < 1.29 is 58.6 Å². The van der Waals surface area contributed by atoms with E-state index in [0.717, 1.165) is 35.5 Å². The first-order chi connectivity index (χ1) is 41.7. The normalized spacial score (nSPS) is 12.2. The Labute approximate surface area is 503 Å². The van der Waals surface area contributed by atoms with E-state index in [4.69, 9.17) is 29.2 Å². The van der Waals surface area contributed by atoms with Crippen molar-refractivity contribution in [1.82, 2.24) is 9.80 Å². The van der Waals surface area contributed by atoms with Crippen LogP contribution >= 0.6 is 0 Å². The maximum Gasteiger partial charge on any atom is 0.328 e. The van der Waals surface area contributed by atoms with Crippen molar-refractivity contribution in [2.75, 3.05) is 37.9 Å². The van der Waals surface area contributed by atoms with Crippen LogP contribution in [0.3, 0.4) is 0 Å². The Balaban J connectivity index is 0.000000244. The molecule has 0 aromatic heterocycles. The van der Waals surface area contributed by atoms with Crippen molar-refractivity contribution in [2.24, 2.45) is 0 Å². The summed E-state index contributed by atoms with van der Waals surface area (Å²) in [6.07, 6.45) is 2.50. The van der Waals surface area contributed by atoms with E-state index in [1.165, 1.54) is 22.3 Å². The molecule has 8 aromatic carbocycles. The fourth-order valence-electron chi connectivity index (χ4n) is 9.28. The highest BCUT2D eigenvalue weighted by Gasteiger charge is 2.23. The molecule has 0 fully saturated rings. The smallest absolute Gasteiger partial charge is 0.328 e. The zero-order valence-electron chi connectivity index (χ0n) is 48.9. The molecule has 0 aliphatic carbocycles. The average molecular weight is 1170 g/mol. The van der Waals surface area contributed by atoms with Gasteiger partial charge in [-0.25, -0.2) is 9.59 Å². The van der Waals surface area contributed by atoms with Crippen LogP contribution in [0.25, 0.3) is 0 Å². The summed E-state index contributed by atoms with van der Waals surface area (Å²) in [5, 5.41) is 43.7. The monoisotopic (exact) mass is 1160 g/mol. The van der Waals surface area contributed by atoms with Crippen LogP contribution in [0.2, 0.25) is 0 Å². The highest BCUT2D eigenvalue weighted by molar-refractivity contribution is 5.89. The number of nitrogens with one attached hydrogen (secondary N) is 2. The van der Waals surface area contributed by atoms with Crippen LogP contribution in [-0.2, 0) is 58.3 Å². The molecule has 0 spiro atoms. The zero-order chi connectivity index (χ0) is 61.5. The molecule has 6 N–H and O–H groups in total. The Bertz CT molecular complexity index is 3100. The summed E-state index contributed by atoms with van der Waals surface area (Å²) in [7, 11) is 3.33. The predicted molar refractivity (Wildman–Crippen MR) is 334 cm³/mol. The minimum Gasteiger partial charge on any atom is -0.497 e. The van der Waals surface area contributed by atoms with Crippen LogP contribution in [0, 0.1) is 0 Å². The molecule has 0 unspecified atom stereocenters. The molecule has 448 valence electrons. The number of rotatable bonds is 30. The third kappa shape index (κ3) is 22.5. The van der Waals surface area contributed by atoms with Crippen molar-refractivity contribution in [1.29, 1.82) is 0 Å². The molecular formula is C70H76N4O12. The number of carbonyl (C=O) groups excluding carboxylic acids is 2. The molecule has 0 aliphatic heterocycles. The number of aliphatic hydroxyl groups is 2. The Kier molecular flexibility index (Phi) is 27.1. The van der Waals surface area contributed by atoms with Gasteiger partial charge in [0.25, 0.3) is 0 Å². The standard InChI is InChI=1S/2C33H36N2O4.C4H4O4/c2*1-25(19-26-13-16-30(38-2)17-14-26)35(21-27-9-5-3-6-10-27)22-32(37)29-15-18-33(31(20-29)34-24-36)39-23-28-11-7-4-8-12-28;5-3(6)1-2-4(7)8/h2*3-18,20,24-25,32,37H,19,21-23H2,1-2H3,(H,34,36);1-2H,(H,5,6)(H,7,8)/b;;2-1+/t2*25-,32+;/m00./s1. The van der Waals surface area contributed by atoms with Gasteiger partial charge < -0.3 is 50.0 Å². The fraction of sp³-hybridized carbons (Fsp3) is 0.229. The van der Waals surface area contributed by atoms with Gasteiger partial charge in [-0.05, 0) is 120 Å². The van der Waals surface area contributed by atoms with Gasteiger partial charge in [0, 0.05) is 50.4 Å². The van der Waals surface area contributed by atoms with Gasteiger partial charge in [0.05, 0.1) is 37.8 Å². The molecule has 0 radical (unpaired) electrons. The summed E-state index contributed by atoms with van der Waals surface area (Å²) in [5.74, 6) is 0.254. The van der Waals surface area contributed by atoms with Gasteiger partial charge in [-0.1, -0.05) is 158 Å². The number of ether oxygens (including phenoxy) is 4. The van der Waals surface area contributed by atoms with Crippen molar-refractivity contribution in [3.05, 3.63) is 263 Å².